The largest absolute Gasteiger partial charge is 0.379 e. The van der Waals surface area contributed by atoms with E-state index in [-0.39, 0.29) is 18.0 Å². The van der Waals surface area contributed by atoms with Gasteiger partial charge >= 0.3 is 6.03 Å². The predicted octanol–water partition coefficient (Wildman–Crippen LogP) is 4.37. The number of rotatable bonds is 7. The number of urea groups is 1. The van der Waals surface area contributed by atoms with Crippen molar-refractivity contribution in [1.29, 1.82) is 0 Å². The number of nitrogens with zero attached hydrogens (tertiary/aromatic N) is 1. The first kappa shape index (κ1) is 21.6. The van der Waals surface area contributed by atoms with Gasteiger partial charge in [-0.1, -0.05) is 61.8 Å². The van der Waals surface area contributed by atoms with Gasteiger partial charge in [-0.3, -0.25) is 4.90 Å². The van der Waals surface area contributed by atoms with Crippen LogP contribution in [-0.2, 0) is 17.8 Å². The third kappa shape index (κ3) is 6.74. The lowest BCUT2D eigenvalue weighted by molar-refractivity contribution is 0.0342. The highest BCUT2D eigenvalue weighted by atomic mass is 35.5. The number of carbonyl (C=O) groups is 1. The maximum Gasteiger partial charge on any atom is 0.315 e. The summed E-state index contributed by atoms with van der Waals surface area (Å²) in [5.41, 5.74) is 3.41. The average Bonchev–Trinajstić information content (AvgIpc) is 2.73. The molecule has 1 heterocycles. The second-order valence-electron chi connectivity index (χ2n) is 7.81. The summed E-state index contributed by atoms with van der Waals surface area (Å²) in [6, 6.07) is 15.8. The van der Waals surface area contributed by atoms with E-state index in [0.29, 0.717) is 11.6 Å². The summed E-state index contributed by atoms with van der Waals surface area (Å²) >= 11 is 5.98. The highest BCUT2D eigenvalue weighted by molar-refractivity contribution is 6.30. The number of morpholine rings is 1. The van der Waals surface area contributed by atoms with E-state index in [1.807, 2.05) is 24.3 Å². The highest BCUT2D eigenvalue weighted by Crippen LogP contribution is 2.23. The van der Waals surface area contributed by atoms with E-state index in [1.165, 1.54) is 5.56 Å². The number of hydrogen-bond donors (Lipinski definition) is 2. The summed E-state index contributed by atoms with van der Waals surface area (Å²) in [4.78, 5) is 14.8. The molecule has 6 heteroatoms. The molecule has 0 spiro atoms. The Balaban J connectivity index is 1.49. The SMILES string of the molecule is CC(C)[C@H](NC(=O)NCc1ccc(CN2CCOCC2)cc1)c1ccc(Cl)cc1. The molecule has 1 aliphatic rings. The number of halogens is 1. The fourth-order valence-electron chi connectivity index (χ4n) is 3.46. The van der Waals surface area contributed by atoms with Crippen LogP contribution in [0, 0.1) is 5.92 Å². The van der Waals surface area contributed by atoms with Crippen molar-refractivity contribution in [3.05, 3.63) is 70.2 Å². The Morgan fingerprint density at radius 2 is 1.66 bits per heavy atom. The van der Waals surface area contributed by atoms with Crippen LogP contribution in [0.15, 0.2) is 48.5 Å². The minimum Gasteiger partial charge on any atom is -0.379 e. The van der Waals surface area contributed by atoms with E-state index < -0.39 is 0 Å². The Morgan fingerprint density at radius 3 is 2.28 bits per heavy atom. The van der Waals surface area contributed by atoms with Crippen LogP contribution in [0.25, 0.3) is 0 Å². The molecule has 1 fully saturated rings. The summed E-state index contributed by atoms with van der Waals surface area (Å²) in [5, 5.41) is 6.73. The lowest BCUT2D eigenvalue weighted by atomic mass is 9.96. The lowest BCUT2D eigenvalue weighted by Crippen LogP contribution is -2.39. The molecule has 2 N–H and O–H groups in total. The van der Waals surface area contributed by atoms with Crippen molar-refractivity contribution in [3.63, 3.8) is 0 Å². The first-order chi connectivity index (χ1) is 14.0. The van der Waals surface area contributed by atoms with Crippen LogP contribution in [0.5, 0.6) is 0 Å². The van der Waals surface area contributed by atoms with Crippen molar-refractivity contribution in [2.24, 2.45) is 5.92 Å². The monoisotopic (exact) mass is 415 g/mol. The summed E-state index contributed by atoms with van der Waals surface area (Å²) in [6.07, 6.45) is 0. The summed E-state index contributed by atoms with van der Waals surface area (Å²) in [7, 11) is 0. The molecule has 0 radical (unpaired) electrons. The van der Waals surface area contributed by atoms with Crippen LogP contribution in [0.2, 0.25) is 5.02 Å². The highest BCUT2D eigenvalue weighted by Gasteiger charge is 2.18. The molecule has 0 aromatic heterocycles. The lowest BCUT2D eigenvalue weighted by Gasteiger charge is -2.26. The molecule has 29 heavy (non-hydrogen) atoms. The topological polar surface area (TPSA) is 53.6 Å². The molecule has 0 saturated carbocycles. The molecule has 2 aromatic rings. The van der Waals surface area contributed by atoms with Crippen LogP contribution in [0.3, 0.4) is 0 Å². The van der Waals surface area contributed by atoms with Crippen molar-refractivity contribution in [1.82, 2.24) is 15.5 Å². The molecule has 3 rings (SSSR count). The molecule has 1 saturated heterocycles. The molecule has 2 amide bonds. The Kier molecular flexibility index (Phi) is 7.92. The number of amides is 2. The average molecular weight is 416 g/mol. The van der Waals surface area contributed by atoms with E-state index in [0.717, 1.165) is 44.0 Å². The number of benzene rings is 2. The molecule has 156 valence electrons. The predicted molar refractivity (Wildman–Crippen MR) is 117 cm³/mol. The van der Waals surface area contributed by atoms with Gasteiger partial charge in [-0.15, -0.1) is 0 Å². The summed E-state index contributed by atoms with van der Waals surface area (Å²) in [6.45, 7) is 9.19. The Bertz CT molecular complexity index is 772. The second kappa shape index (κ2) is 10.6. The third-order valence-electron chi connectivity index (χ3n) is 5.17. The van der Waals surface area contributed by atoms with E-state index in [4.69, 9.17) is 16.3 Å². The molecule has 0 unspecified atom stereocenters. The van der Waals surface area contributed by atoms with Gasteiger partial charge in [-0.2, -0.15) is 0 Å². The molecule has 1 aliphatic heterocycles. The number of hydrogen-bond acceptors (Lipinski definition) is 3. The van der Waals surface area contributed by atoms with E-state index >= 15 is 0 Å². The molecule has 0 bridgehead atoms. The van der Waals surface area contributed by atoms with Gasteiger partial charge in [0.2, 0.25) is 0 Å². The van der Waals surface area contributed by atoms with Gasteiger partial charge in [0, 0.05) is 31.2 Å². The minimum absolute atomic E-state index is 0.0665. The smallest absolute Gasteiger partial charge is 0.315 e. The van der Waals surface area contributed by atoms with Gasteiger partial charge in [-0.25, -0.2) is 4.79 Å². The second-order valence-corrected chi connectivity index (χ2v) is 8.24. The first-order valence-electron chi connectivity index (χ1n) is 10.2. The Morgan fingerprint density at radius 1 is 1.03 bits per heavy atom. The van der Waals surface area contributed by atoms with Crippen molar-refractivity contribution in [2.75, 3.05) is 26.3 Å². The van der Waals surface area contributed by atoms with Gasteiger partial charge in [-0.05, 0) is 34.7 Å². The van der Waals surface area contributed by atoms with Gasteiger partial charge < -0.3 is 15.4 Å². The van der Waals surface area contributed by atoms with Gasteiger partial charge in [0.25, 0.3) is 0 Å². The van der Waals surface area contributed by atoms with E-state index in [1.54, 1.807) is 0 Å². The van der Waals surface area contributed by atoms with Crippen molar-refractivity contribution < 1.29 is 9.53 Å². The fourth-order valence-corrected chi connectivity index (χ4v) is 3.59. The Labute approximate surface area is 178 Å². The maximum atomic E-state index is 12.4. The molecule has 2 aromatic carbocycles. The molecule has 0 aliphatic carbocycles. The maximum absolute atomic E-state index is 12.4. The fraction of sp³-hybridized carbons (Fsp3) is 0.435. The van der Waals surface area contributed by atoms with Gasteiger partial charge in [0.1, 0.15) is 0 Å². The quantitative estimate of drug-likeness (QED) is 0.706. The van der Waals surface area contributed by atoms with Gasteiger partial charge in [0.05, 0.1) is 19.3 Å². The van der Waals surface area contributed by atoms with Crippen LogP contribution >= 0.6 is 11.6 Å². The molecular formula is C23H30ClN3O2. The zero-order valence-electron chi connectivity index (χ0n) is 17.2. The summed E-state index contributed by atoms with van der Waals surface area (Å²) in [5.74, 6) is 0.265. The van der Waals surface area contributed by atoms with Crippen LogP contribution < -0.4 is 10.6 Å². The molecular weight excluding hydrogens is 386 g/mol. The Hall–Kier alpha value is -2.08. The van der Waals surface area contributed by atoms with Crippen molar-refractivity contribution in [3.8, 4) is 0 Å². The standard InChI is InChI=1S/C23H30ClN3O2/c1-17(2)22(20-7-9-21(24)10-8-20)26-23(28)25-15-18-3-5-19(6-4-18)16-27-11-13-29-14-12-27/h3-10,17,22H,11-16H2,1-2H3,(H2,25,26,28)/t22-/m0/s1. The zero-order valence-corrected chi connectivity index (χ0v) is 17.9. The number of ether oxygens (including phenoxy) is 1. The molecule has 5 nitrogen and oxygen atoms in total. The normalized spacial score (nSPS) is 15.9. The number of carbonyl (C=O) groups excluding carboxylic acids is 1. The molecule has 1 atom stereocenters. The van der Waals surface area contributed by atoms with Crippen LogP contribution in [0.1, 0.15) is 36.6 Å². The van der Waals surface area contributed by atoms with Gasteiger partial charge in [0.15, 0.2) is 0 Å². The van der Waals surface area contributed by atoms with Crippen molar-refractivity contribution in [2.45, 2.75) is 33.0 Å². The minimum atomic E-state index is -0.170. The summed E-state index contributed by atoms with van der Waals surface area (Å²) < 4.78 is 5.39. The van der Waals surface area contributed by atoms with Crippen LogP contribution in [0.4, 0.5) is 4.79 Å². The first-order valence-corrected chi connectivity index (χ1v) is 10.6. The van der Waals surface area contributed by atoms with Crippen LogP contribution in [-0.4, -0.2) is 37.2 Å². The third-order valence-corrected chi connectivity index (χ3v) is 5.42. The zero-order chi connectivity index (χ0) is 20.6. The van der Waals surface area contributed by atoms with Crippen molar-refractivity contribution >= 4 is 17.6 Å². The number of nitrogens with one attached hydrogen (secondary N) is 2. The van der Waals surface area contributed by atoms with E-state index in [9.17, 15) is 4.79 Å². The van der Waals surface area contributed by atoms with E-state index in [2.05, 4.69) is 53.6 Å².